The van der Waals surface area contributed by atoms with E-state index in [1.54, 1.807) is 17.4 Å². The Kier molecular flexibility index (Phi) is 4.89. The first-order valence-corrected chi connectivity index (χ1v) is 7.27. The van der Waals surface area contributed by atoms with Gasteiger partial charge in [-0.25, -0.2) is 0 Å². The lowest BCUT2D eigenvalue weighted by Gasteiger charge is -2.06. The molecule has 0 saturated carbocycles. The van der Waals surface area contributed by atoms with E-state index >= 15 is 0 Å². The summed E-state index contributed by atoms with van der Waals surface area (Å²) in [5.41, 5.74) is 7.77. The maximum absolute atomic E-state index is 6.10. The average Bonchev–Trinajstić information content (AvgIpc) is 2.73. The number of thiophene rings is 1. The van der Waals surface area contributed by atoms with Gasteiger partial charge in [0.1, 0.15) is 0 Å². The summed E-state index contributed by atoms with van der Waals surface area (Å²) in [7, 11) is 0. The smallest absolute Gasteiger partial charge is 0.0468 e. The van der Waals surface area contributed by atoms with Gasteiger partial charge in [-0.2, -0.15) is 0 Å². The fraction of sp³-hybridized carbons (Fsp3) is 0.231. The number of hydrogen-bond donors (Lipinski definition) is 2. The topological polar surface area (TPSA) is 38.0 Å². The van der Waals surface area contributed by atoms with Crippen LogP contribution in [0.5, 0.6) is 0 Å². The summed E-state index contributed by atoms with van der Waals surface area (Å²) in [6.07, 6.45) is 0.876. The van der Waals surface area contributed by atoms with Crippen molar-refractivity contribution >= 4 is 40.2 Å². The summed E-state index contributed by atoms with van der Waals surface area (Å²) >= 11 is 13.6. The Balaban J connectivity index is 1.80. The van der Waals surface area contributed by atoms with Crippen molar-refractivity contribution in [1.29, 1.82) is 0 Å². The SMILES string of the molecule is Nc1ccsc1CNCCc1ccc(Cl)cc1Cl. The molecule has 0 radical (unpaired) electrons. The van der Waals surface area contributed by atoms with Crippen LogP contribution >= 0.6 is 34.5 Å². The normalized spacial score (nSPS) is 10.8. The van der Waals surface area contributed by atoms with Gasteiger partial charge >= 0.3 is 0 Å². The van der Waals surface area contributed by atoms with Crippen LogP contribution in [0.15, 0.2) is 29.6 Å². The quantitative estimate of drug-likeness (QED) is 0.820. The van der Waals surface area contributed by atoms with Crippen LogP contribution in [-0.2, 0) is 13.0 Å². The van der Waals surface area contributed by atoms with E-state index in [0.29, 0.717) is 5.02 Å². The largest absolute Gasteiger partial charge is 0.398 e. The highest BCUT2D eigenvalue weighted by atomic mass is 35.5. The van der Waals surface area contributed by atoms with Crippen LogP contribution in [0, 0.1) is 0 Å². The number of benzene rings is 1. The minimum atomic E-state index is 0.670. The van der Waals surface area contributed by atoms with Gasteiger partial charge < -0.3 is 11.1 Å². The summed E-state index contributed by atoms with van der Waals surface area (Å²) < 4.78 is 0. The van der Waals surface area contributed by atoms with Crippen LogP contribution in [0.4, 0.5) is 5.69 Å². The van der Waals surface area contributed by atoms with E-state index in [1.165, 1.54) is 4.88 Å². The van der Waals surface area contributed by atoms with E-state index in [4.69, 9.17) is 28.9 Å². The van der Waals surface area contributed by atoms with Crippen LogP contribution in [0.2, 0.25) is 10.0 Å². The Morgan fingerprint density at radius 3 is 2.72 bits per heavy atom. The van der Waals surface area contributed by atoms with E-state index in [0.717, 1.165) is 35.8 Å². The average molecular weight is 301 g/mol. The van der Waals surface area contributed by atoms with Gasteiger partial charge in [-0.15, -0.1) is 11.3 Å². The van der Waals surface area contributed by atoms with Crippen molar-refractivity contribution in [2.45, 2.75) is 13.0 Å². The lowest BCUT2D eigenvalue weighted by atomic mass is 10.1. The van der Waals surface area contributed by atoms with Crippen LogP contribution < -0.4 is 11.1 Å². The van der Waals surface area contributed by atoms with Gasteiger partial charge in [0.05, 0.1) is 0 Å². The van der Waals surface area contributed by atoms with Crippen molar-refractivity contribution in [1.82, 2.24) is 5.32 Å². The number of halogens is 2. The molecule has 0 spiro atoms. The second kappa shape index (κ2) is 6.43. The zero-order valence-corrected chi connectivity index (χ0v) is 12.1. The highest BCUT2D eigenvalue weighted by molar-refractivity contribution is 7.10. The Labute approximate surface area is 121 Å². The van der Waals surface area contributed by atoms with Gasteiger partial charge in [-0.3, -0.25) is 0 Å². The molecule has 0 amide bonds. The van der Waals surface area contributed by atoms with Crippen LogP contribution in [0.25, 0.3) is 0 Å². The summed E-state index contributed by atoms with van der Waals surface area (Å²) in [6, 6.07) is 7.53. The lowest BCUT2D eigenvalue weighted by molar-refractivity contribution is 0.694. The van der Waals surface area contributed by atoms with E-state index in [9.17, 15) is 0 Å². The first-order valence-electron chi connectivity index (χ1n) is 5.63. The molecule has 96 valence electrons. The Morgan fingerprint density at radius 2 is 2.06 bits per heavy atom. The predicted molar refractivity (Wildman–Crippen MR) is 80.6 cm³/mol. The van der Waals surface area contributed by atoms with Crippen molar-refractivity contribution < 1.29 is 0 Å². The molecule has 2 aromatic rings. The molecule has 1 heterocycles. The van der Waals surface area contributed by atoms with Gasteiger partial charge in [0.2, 0.25) is 0 Å². The number of anilines is 1. The highest BCUT2D eigenvalue weighted by Crippen LogP contribution is 2.21. The van der Waals surface area contributed by atoms with Gasteiger partial charge in [0.15, 0.2) is 0 Å². The molecule has 1 aromatic carbocycles. The summed E-state index contributed by atoms with van der Waals surface area (Å²) in [5.74, 6) is 0. The third-order valence-corrected chi connectivity index (χ3v) is 4.18. The molecule has 2 rings (SSSR count). The molecule has 0 saturated heterocycles. The molecule has 2 nitrogen and oxygen atoms in total. The van der Waals surface area contributed by atoms with Crippen LogP contribution in [0.3, 0.4) is 0 Å². The fourth-order valence-electron chi connectivity index (χ4n) is 1.64. The minimum Gasteiger partial charge on any atom is -0.398 e. The molecule has 0 aliphatic rings. The Hall–Kier alpha value is -0.740. The third-order valence-electron chi connectivity index (χ3n) is 2.65. The van der Waals surface area contributed by atoms with Gasteiger partial charge in [0.25, 0.3) is 0 Å². The summed E-state index contributed by atoms with van der Waals surface area (Å²) in [5, 5.41) is 6.75. The van der Waals surface area contributed by atoms with Crippen molar-refractivity contribution in [3.63, 3.8) is 0 Å². The van der Waals surface area contributed by atoms with E-state index in [2.05, 4.69) is 5.32 Å². The molecule has 5 heteroatoms. The minimum absolute atomic E-state index is 0.670. The standard InChI is InChI=1S/C13H14Cl2N2S/c14-10-2-1-9(11(15)7-10)3-5-17-8-13-12(16)4-6-18-13/h1-2,4,6-7,17H,3,5,8,16H2. The second-order valence-corrected chi connectivity index (χ2v) is 5.81. The molecule has 1 aromatic heterocycles. The van der Waals surface area contributed by atoms with Gasteiger partial charge in [0, 0.05) is 27.2 Å². The second-order valence-electron chi connectivity index (χ2n) is 3.96. The van der Waals surface area contributed by atoms with Gasteiger partial charge in [-0.05, 0) is 42.1 Å². The molecular weight excluding hydrogens is 287 g/mol. The monoisotopic (exact) mass is 300 g/mol. The maximum atomic E-state index is 6.10. The number of nitrogen functional groups attached to an aromatic ring is 1. The molecule has 0 aliphatic carbocycles. The zero-order valence-electron chi connectivity index (χ0n) is 9.75. The zero-order chi connectivity index (χ0) is 13.0. The molecule has 18 heavy (non-hydrogen) atoms. The molecule has 3 N–H and O–H groups in total. The summed E-state index contributed by atoms with van der Waals surface area (Å²) in [6.45, 7) is 1.66. The van der Waals surface area contributed by atoms with E-state index in [1.807, 2.05) is 23.6 Å². The molecule has 0 atom stereocenters. The van der Waals surface area contributed by atoms with Crippen molar-refractivity contribution in [2.75, 3.05) is 12.3 Å². The third kappa shape index (κ3) is 3.62. The van der Waals surface area contributed by atoms with E-state index < -0.39 is 0 Å². The van der Waals surface area contributed by atoms with Crippen LogP contribution in [-0.4, -0.2) is 6.54 Å². The first kappa shape index (κ1) is 13.7. The first-order chi connectivity index (χ1) is 8.66. The molecule has 0 fully saturated rings. The van der Waals surface area contributed by atoms with Crippen molar-refractivity contribution in [3.8, 4) is 0 Å². The predicted octanol–water partition coefficient (Wildman–Crippen LogP) is 3.97. The molecule has 0 unspecified atom stereocenters. The van der Waals surface area contributed by atoms with Crippen molar-refractivity contribution in [2.24, 2.45) is 0 Å². The van der Waals surface area contributed by atoms with Crippen molar-refractivity contribution in [3.05, 3.63) is 50.1 Å². The number of hydrogen-bond acceptors (Lipinski definition) is 3. The Bertz CT molecular complexity index is 525. The number of rotatable bonds is 5. The Morgan fingerprint density at radius 1 is 1.22 bits per heavy atom. The lowest BCUT2D eigenvalue weighted by Crippen LogP contribution is -2.16. The number of nitrogens with two attached hydrogens (primary N) is 1. The molecule has 0 bridgehead atoms. The van der Waals surface area contributed by atoms with Gasteiger partial charge in [-0.1, -0.05) is 29.3 Å². The molecular formula is C13H14Cl2N2S. The number of nitrogens with one attached hydrogen (secondary N) is 1. The maximum Gasteiger partial charge on any atom is 0.0468 e. The van der Waals surface area contributed by atoms with Crippen LogP contribution in [0.1, 0.15) is 10.4 Å². The fourth-order valence-corrected chi connectivity index (χ4v) is 2.92. The highest BCUT2D eigenvalue weighted by Gasteiger charge is 2.02. The van der Waals surface area contributed by atoms with E-state index in [-0.39, 0.29) is 0 Å². The summed E-state index contributed by atoms with van der Waals surface area (Å²) in [4.78, 5) is 1.18. The molecule has 0 aliphatic heterocycles.